The van der Waals surface area contributed by atoms with E-state index in [4.69, 9.17) is 4.74 Å². The Balaban J connectivity index is 1.57. The topological polar surface area (TPSA) is 93.5 Å². The summed E-state index contributed by atoms with van der Waals surface area (Å²) < 4.78 is 34.6. The third kappa shape index (κ3) is 4.76. The minimum atomic E-state index is -3.86. The molecule has 0 bridgehead atoms. The quantitative estimate of drug-likeness (QED) is 0.409. The van der Waals surface area contributed by atoms with E-state index < -0.39 is 10.0 Å². The van der Waals surface area contributed by atoms with Crippen LogP contribution in [0.3, 0.4) is 0 Å². The Labute approximate surface area is 204 Å². The first-order chi connectivity index (χ1) is 16.7. The number of carbonyl (C=O) groups is 1. The van der Waals surface area contributed by atoms with E-state index in [9.17, 15) is 13.2 Å². The van der Waals surface area contributed by atoms with Crippen molar-refractivity contribution in [2.75, 3.05) is 23.8 Å². The number of amides is 1. The minimum Gasteiger partial charge on any atom is -0.495 e. The van der Waals surface area contributed by atoms with E-state index in [0.717, 1.165) is 21.4 Å². The molecule has 0 aliphatic heterocycles. The van der Waals surface area contributed by atoms with Gasteiger partial charge in [-0.25, -0.2) is 13.1 Å². The summed E-state index contributed by atoms with van der Waals surface area (Å²) in [5.41, 5.74) is 3.89. The zero-order valence-electron chi connectivity index (χ0n) is 19.9. The van der Waals surface area contributed by atoms with Gasteiger partial charge >= 0.3 is 0 Å². The van der Waals surface area contributed by atoms with Gasteiger partial charge in [-0.3, -0.25) is 9.10 Å². The molecule has 0 saturated heterocycles. The van der Waals surface area contributed by atoms with Crippen molar-refractivity contribution in [3.8, 4) is 11.4 Å². The van der Waals surface area contributed by atoms with Crippen LogP contribution >= 0.6 is 0 Å². The van der Waals surface area contributed by atoms with Crippen molar-refractivity contribution in [3.05, 3.63) is 95.8 Å². The summed E-state index contributed by atoms with van der Waals surface area (Å²) in [6.07, 6.45) is 0. The fraction of sp³-hybridized carbons (Fsp3) is 0.154. The summed E-state index contributed by atoms with van der Waals surface area (Å²) in [6.45, 7) is 3.85. The van der Waals surface area contributed by atoms with Gasteiger partial charge in [-0.2, -0.15) is 5.10 Å². The first-order valence-corrected chi connectivity index (χ1v) is 12.3. The van der Waals surface area contributed by atoms with Gasteiger partial charge in [-0.05, 0) is 68.4 Å². The number of sulfonamides is 1. The average molecular weight is 491 g/mol. The maximum atomic E-state index is 13.2. The predicted octanol–water partition coefficient (Wildman–Crippen LogP) is 4.58. The number of benzene rings is 3. The van der Waals surface area contributed by atoms with Crippen LogP contribution in [0.2, 0.25) is 0 Å². The second-order valence-corrected chi connectivity index (χ2v) is 9.95. The fourth-order valence-electron chi connectivity index (χ4n) is 3.79. The van der Waals surface area contributed by atoms with Gasteiger partial charge in [0.05, 0.1) is 34.8 Å². The highest BCUT2D eigenvalue weighted by molar-refractivity contribution is 7.92. The van der Waals surface area contributed by atoms with E-state index in [2.05, 4.69) is 10.4 Å². The van der Waals surface area contributed by atoms with Crippen molar-refractivity contribution >= 4 is 27.3 Å². The van der Waals surface area contributed by atoms with Gasteiger partial charge < -0.3 is 10.1 Å². The van der Waals surface area contributed by atoms with Crippen LogP contribution in [0, 0.1) is 13.8 Å². The van der Waals surface area contributed by atoms with Gasteiger partial charge in [-0.15, -0.1) is 0 Å². The lowest BCUT2D eigenvalue weighted by atomic mass is 10.2. The first kappa shape index (κ1) is 24.0. The summed E-state index contributed by atoms with van der Waals surface area (Å²) in [5, 5.41) is 7.41. The second-order valence-electron chi connectivity index (χ2n) is 7.98. The number of ether oxygens (including phenoxy) is 1. The molecule has 0 radical (unpaired) electrons. The van der Waals surface area contributed by atoms with Crippen LogP contribution in [0.25, 0.3) is 5.69 Å². The number of aryl methyl sites for hydroxylation is 2. The number of methoxy groups -OCH3 is 1. The Morgan fingerprint density at radius 1 is 0.971 bits per heavy atom. The molecule has 1 aromatic heterocycles. The Kier molecular flexibility index (Phi) is 6.61. The van der Waals surface area contributed by atoms with Crippen molar-refractivity contribution in [3.63, 3.8) is 0 Å². The lowest BCUT2D eigenvalue weighted by molar-refractivity contribution is 0.102. The molecule has 4 aromatic rings. The lowest BCUT2D eigenvalue weighted by Gasteiger charge is -2.21. The minimum absolute atomic E-state index is 0.0606. The smallest absolute Gasteiger partial charge is 0.264 e. The highest BCUT2D eigenvalue weighted by Gasteiger charge is 2.24. The zero-order chi connectivity index (χ0) is 25.2. The molecule has 8 nitrogen and oxygen atoms in total. The maximum absolute atomic E-state index is 13.2. The van der Waals surface area contributed by atoms with Crippen LogP contribution in [-0.4, -0.2) is 38.3 Å². The van der Waals surface area contributed by atoms with E-state index in [1.807, 2.05) is 38.1 Å². The zero-order valence-corrected chi connectivity index (χ0v) is 20.7. The molecule has 180 valence electrons. The summed E-state index contributed by atoms with van der Waals surface area (Å²) in [5.74, 6) is 0.0804. The molecule has 9 heteroatoms. The number of hydrogen-bond donors (Lipinski definition) is 1. The molecule has 0 atom stereocenters. The van der Waals surface area contributed by atoms with Crippen LogP contribution < -0.4 is 14.4 Å². The normalized spacial score (nSPS) is 11.2. The molecule has 35 heavy (non-hydrogen) atoms. The Morgan fingerprint density at radius 3 is 2.29 bits per heavy atom. The number of rotatable bonds is 7. The van der Waals surface area contributed by atoms with E-state index in [1.165, 1.54) is 38.4 Å². The monoisotopic (exact) mass is 490 g/mol. The molecule has 1 amide bonds. The summed E-state index contributed by atoms with van der Waals surface area (Å²) >= 11 is 0. The summed E-state index contributed by atoms with van der Waals surface area (Å²) in [6, 6.07) is 22.0. The third-order valence-corrected chi connectivity index (χ3v) is 7.38. The van der Waals surface area contributed by atoms with Crippen LogP contribution in [0.15, 0.2) is 83.8 Å². The molecule has 0 aliphatic rings. The van der Waals surface area contributed by atoms with E-state index in [0.29, 0.717) is 22.7 Å². The maximum Gasteiger partial charge on any atom is 0.264 e. The first-order valence-electron chi connectivity index (χ1n) is 10.9. The molecule has 0 saturated carbocycles. The predicted molar refractivity (Wildman–Crippen MR) is 136 cm³/mol. The van der Waals surface area contributed by atoms with Gasteiger partial charge in [0.15, 0.2) is 0 Å². The SMILES string of the molecule is COc1ccccc1N(C)S(=O)(=O)c1ccc(C(=O)Nc2ccccc2-n2nc(C)cc2C)cc1. The molecule has 0 spiro atoms. The van der Waals surface area contributed by atoms with E-state index >= 15 is 0 Å². The summed E-state index contributed by atoms with van der Waals surface area (Å²) in [4.78, 5) is 13.0. The van der Waals surface area contributed by atoms with Gasteiger partial charge in [0, 0.05) is 18.3 Å². The molecule has 3 aromatic carbocycles. The van der Waals surface area contributed by atoms with Gasteiger partial charge in [-0.1, -0.05) is 24.3 Å². The van der Waals surface area contributed by atoms with Crippen molar-refractivity contribution in [1.29, 1.82) is 0 Å². The van der Waals surface area contributed by atoms with Gasteiger partial charge in [0.1, 0.15) is 5.75 Å². The molecular weight excluding hydrogens is 464 g/mol. The standard InChI is InChI=1S/C26H26N4O4S/c1-18-17-19(2)30(28-18)23-10-6-5-9-22(23)27-26(31)20-13-15-21(16-14-20)35(32,33)29(3)24-11-7-8-12-25(24)34-4/h5-17H,1-4H3,(H,27,31). The van der Waals surface area contributed by atoms with Gasteiger partial charge in [0.25, 0.3) is 15.9 Å². The van der Waals surface area contributed by atoms with Crippen molar-refractivity contribution < 1.29 is 17.9 Å². The fourth-order valence-corrected chi connectivity index (χ4v) is 4.99. The van der Waals surface area contributed by atoms with Crippen LogP contribution in [0.1, 0.15) is 21.7 Å². The number of nitrogens with zero attached hydrogens (tertiary/aromatic N) is 3. The number of anilines is 2. The molecule has 0 unspecified atom stereocenters. The molecule has 0 aliphatic carbocycles. The van der Waals surface area contributed by atoms with Crippen LogP contribution in [0.5, 0.6) is 5.75 Å². The highest BCUT2D eigenvalue weighted by atomic mass is 32.2. The van der Waals surface area contributed by atoms with Gasteiger partial charge in [0.2, 0.25) is 0 Å². The van der Waals surface area contributed by atoms with Crippen LogP contribution in [0.4, 0.5) is 11.4 Å². The Bertz CT molecular complexity index is 1480. The second kappa shape index (κ2) is 9.63. The van der Waals surface area contributed by atoms with Crippen molar-refractivity contribution in [1.82, 2.24) is 9.78 Å². The van der Waals surface area contributed by atoms with E-state index in [-0.39, 0.29) is 10.8 Å². The number of para-hydroxylation sites is 4. The number of hydrogen-bond acceptors (Lipinski definition) is 5. The largest absolute Gasteiger partial charge is 0.495 e. The van der Waals surface area contributed by atoms with E-state index in [1.54, 1.807) is 35.0 Å². The Morgan fingerprint density at radius 2 is 1.63 bits per heavy atom. The summed E-state index contributed by atoms with van der Waals surface area (Å²) in [7, 11) is -0.913. The highest BCUT2D eigenvalue weighted by Crippen LogP contribution is 2.31. The number of nitrogens with one attached hydrogen (secondary N) is 1. The lowest BCUT2D eigenvalue weighted by Crippen LogP contribution is -2.27. The number of aromatic nitrogens is 2. The molecular formula is C26H26N4O4S. The Hall–Kier alpha value is -4.11. The molecule has 0 fully saturated rings. The van der Waals surface area contributed by atoms with Crippen molar-refractivity contribution in [2.24, 2.45) is 0 Å². The average Bonchev–Trinajstić information content (AvgIpc) is 3.21. The molecule has 1 heterocycles. The molecule has 1 N–H and O–H groups in total. The number of carbonyl (C=O) groups excluding carboxylic acids is 1. The van der Waals surface area contributed by atoms with Crippen molar-refractivity contribution in [2.45, 2.75) is 18.7 Å². The van der Waals surface area contributed by atoms with Crippen LogP contribution in [-0.2, 0) is 10.0 Å². The molecule has 4 rings (SSSR count). The third-order valence-electron chi connectivity index (χ3n) is 5.59.